The second-order valence-electron chi connectivity index (χ2n) is 4.64. The average molecular weight is 269 g/mol. The van der Waals surface area contributed by atoms with Crippen LogP contribution in [-0.2, 0) is 9.53 Å². The minimum absolute atomic E-state index is 0.0138. The van der Waals surface area contributed by atoms with Crippen molar-refractivity contribution in [2.45, 2.75) is 19.0 Å². The fourth-order valence-corrected chi connectivity index (χ4v) is 2.15. The molecule has 0 aromatic heterocycles. The van der Waals surface area contributed by atoms with Crippen molar-refractivity contribution < 1.29 is 27.8 Å². The van der Waals surface area contributed by atoms with Crippen molar-refractivity contribution in [3.63, 3.8) is 0 Å². The van der Waals surface area contributed by atoms with Gasteiger partial charge in [0.15, 0.2) is 0 Å². The number of carbonyl (C=O) groups is 1. The van der Waals surface area contributed by atoms with Crippen LogP contribution < -0.4 is 0 Å². The van der Waals surface area contributed by atoms with Crippen LogP contribution in [0.2, 0.25) is 0 Å². The lowest BCUT2D eigenvalue weighted by Gasteiger charge is -2.36. The SMILES string of the molecule is O=CC1(CN(CCO)CC(F)(F)F)CCOCC1. The number of carbonyl (C=O) groups excluding carboxylic acids is 1. The molecule has 0 aromatic carbocycles. The summed E-state index contributed by atoms with van der Waals surface area (Å²) in [5.41, 5.74) is -0.779. The van der Waals surface area contributed by atoms with Crippen LogP contribution in [0, 0.1) is 5.41 Å². The highest BCUT2D eigenvalue weighted by Gasteiger charge is 2.38. The number of halogens is 3. The van der Waals surface area contributed by atoms with Gasteiger partial charge >= 0.3 is 6.18 Å². The third kappa shape index (κ3) is 4.91. The lowest BCUT2D eigenvalue weighted by molar-refractivity contribution is -0.154. The van der Waals surface area contributed by atoms with Gasteiger partial charge in [0, 0.05) is 31.7 Å². The molecule has 0 radical (unpaired) electrons. The van der Waals surface area contributed by atoms with Gasteiger partial charge in [0.25, 0.3) is 0 Å². The van der Waals surface area contributed by atoms with E-state index < -0.39 is 18.1 Å². The third-order valence-corrected chi connectivity index (χ3v) is 3.10. The molecule has 106 valence electrons. The van der Waals surface area contributed by atoms with E-state index in [0.717, 1.165) is 11.2 Å². The first-order valence-electron chi connectivity index (χ1n) is 5.85. The van der Waals surface area contributed by atoms with Gasteiger partial charge in [-0.15, -0.1) is 0 Å². The standard InChI is InChI=1S/C11H18F3NO3/c12-11(13,14)8-15(3-4-16)7-10(9-17)1-5-18-6-2-10/h9,16H,1-8H2. The summed E-state index contributed by atoms with van der Waals surface area (Å²) in [5.74, 6) is 0. The number of alkyl halides is 3. The second-order valence-corrected chi connectivity index (χ2v) is 4.64. The molecule has 0 atom stereocenters. The monoisotopic (exact) mass is 269 g/mol. The molecule has 0 saturated carbocycles. The van der Waals surface area contributed by atoms with Crippen LogP contribution in [0.5, 0.6) is 0 Å². The average Bonchev–Trinajstić information content (AvgIpc) is 2.28. The number of aliphatic hydroxyl groups excluding tert-OH is 1. The Balaban J connectivity index is 2.64. The highest BCUT2D eigenvalue weighted by Crippen LogP contribution is 2.30. The summed E-state index contributed by atoms with van der Waals surface area (Å²) in [4.78, 5) is 12.2. The summed E-state index contributed by atoms with van der Waals surface area (Å²) < 4.78 is 42.2. The topological polar surface area (TPSA) is 49.8 Å². The van der Waals surface area contributed by atoms with Gasteiger partial charge in [-0.3, -0.25) is 4.90 Å². The summed E-state index contributed by atoms with van der Waals surface area (Å²) in [5, 5.41) is 8.80. The van der Waals surface area contributed by atoms with Crippen LogP contribution in [0.25, 0.3) is 0 Å². The predicted molar refractivity (Wildman–Crippen MR) is 58.1 cm³/mol. The van der Waals surface area contributed by atoms with Crippen LogP contribution in [-0.4, -0.2) is 61.9 Å². The molecule has 1 aliphatic heterocycles. The number of nitrogens with zero attached hydrogens (tertiary/aromatic N) is 1. The van der Waals surface area contributed by atoms with E-state index in [1.807, 2.05) is 0 Å². The Hall–Kier alpha value is -0.660. The van der Waals surface area contributed by atoms with Crippen molar-refractivity contribution >= 4 is 6.29 Å². The highest BCUT2D eigenvalue weighted by atomic mass is 19.4. The molecule has 0 aliphatic carbocycles. The van der Waals surface area contributed by atoms with E-state index in [-0.39, 0.29) is 19.7 Å². The van der Waals surface area contributed by atoms with Crippen molar-refractivity contribution in [3.8, 4) is 0 Å². The van der Waals surface area contributed by atoms with E-state index in [2.05, 4.69) is 0 Å². The van der Waals surface area contributed by atoms with E-state index in [1.54, 1.807) is 0 Å². The van der Waals surface area contributed by atoms with Crippen LogP contribution in [0.4, 0.5) is 13.2 Å². The minimum Gasteiger partial charge on any atom is -0.395 e. The summed E-state index contributed by atoms with van der Waals surface area (Å²) in [6.45, 7) is -0.767. The summed E-state index contributed by atoms with van der Waals surface area (Å²) in [7, 11) is 0. The molecular weight excluding hydrogens is 251 g/mol. The van der Waals surface area contributed by atoms with E-state index in [0.29, 0.717) is 26.1 Å². The maximum Gasteiger partial charge on any atom is 0.401 e. The Kier molecular flexibility index (Phi) is 5.55. The zero-order chi connectivity index (χ0) is 13.6. The lowest BCUT2D eigenvalue weighted by atomic mass is 9.81. The van der Waals surface area contributed by atoms with Crippen LogP contribution in [0.15, 0.2) is 0 Å². The second kappa shape index (κ2) is 6.49. The number of rotatable bonds is 6. The Morgan fingerprint density at radius 2 is 1.94 bits per heavy atom. The molecule has 7 heteroatoms. The number of aldehydes is 1. The van der Waals surface area contributed by atoms with Gasteiger partial charge in [0.2, 0.25) is 0 Å². The summed E-state index contributed by atoms with van der Waals surface area (Å²) >= 11 is 0. The van der Waals surface area contributed by atoms with Crippen molar-refractivity contribution in [2.75, 3.05) is 39.5 Å². The van der Waals surface area contributed by atoms with Crippen LogP contribution in [0.3, 0.4) is 0 Å². The normalized spacial score (nSPS) is 20.1. The van der Waals surface area contributed by atoms with Gasteiger partial charge in [-0.1, -0.05) is 0 Å². The molecule has 0 bridgehead atoms. The molecule has 4 nitrogen and oxygen atoms in total. The number of hydrogen-bond acceptors (Lipinski definition) is 4. The lowest BCUT2D eigenvalue weighted by Crippen LogP contribution is -2.46. The maximum atomic E-state index is 12.4. The molecule has 1 rings (SSSR count). The van der Waals surface area contributed by atoms with Crippen LogP contribution >= 0.6 is 0 Å². The molecule has 0 amide bonds. The first-order chi connectivity index (χ1) is 8.41. The molecule has 18 heavy (non-hydrogen) atoms. The fourth-order valence-electron chi connectivity index (χ4n) is 2.15. The van der Waals surface area contributed by atoms with E-state index >= 15 is 0 Å². The smallest absolute Gasteiger partial charge is 0.395 e. The number of hydrogen-bond donors (Lipinski definition) is 1. The van der Waals surface area contributed by atoms with E-state index in [1.165, 1.54) is 0 Å². The number of aliphatic hydroxyl groups is 1. The zero-order valence-electron chi connectivity index (χ0n) is 10.1. The van der Waals surface area contributed by atoms with E-state index in [9.17, 15) is 18.0 Å². The molecule has 0 unspecified atom stereocenters. The third-order valence-electron chi connectivity index (χ3n) is 3.10. The van der Waals surface area contributed by atoms with Gasteiger partial charge in [0.1, 0.15) is 6.29 Å². The molecule has 1 heterocycles. The Morgan fingerprint density at radius 1 is 1.33 bits per heavy atom. The highest BCUT2D eigenvalue weighted by molar-refractivity contribution is 5.60. The van der Waals surface area contributed by atoms with Crippen molar-refractivity contribution in [2.24, 2.45) is 5.41 Å². The fraction of sp³-hybridized carbons (Fsp3) is 0.909. The molecule has 1 N–H and O–H groups in total. The molecular formula is C11H18F3NO3. The van der Waals surface area contributed by atoms with Gasteiger partial charge in [-0.2, -0.15) is 13.2 Å². The zero-order valence-corrected chi connectivity index (χ0v) is 10.1. The van der Waals surface area contributed by atoms with Crippen molar-refractivity contribution in [1.82, 2.24) is 4.90 Å². The Bertz CT molecular complexity index is 265. The van der Waals surface area contributed by atoms with Gasteiger partial charge < -0.3 is 14.6 Å². The largest absolute Gasteiger partial charge is 0.401 e. The van der Waals surface area contributed by atoms with Gasteiger partial charge in [0.05, 0.1) is 13.2 Å². The van der Waals surface area contributed by atoms with Gasteiger partial charge in [-0.05, 0) is 12.8 Å². The molecule has 0 spiro atoms. The maximum absolute atomic E-state index is 12.4. The van der Waals surface area contributed by atoms with Crippen LogP contribution in [0.1, 0.15) is 12.8 Å². The quantitative estimate of drug-likeness (QED) is 0.726. The first-order valence-corrected chi connectivity index (χ1v) is 5.85. The van der Waals surface area contributed by atoms with Crippen molar-refractivity contribution in [3.05, 3.63) is 0 Å². The van der Waals surface area contributed by atoms with Crippen molar-refractivity contribution in [1.29, 1.82) is 0 Å². The molecule has 0 aromatic rings. The Labute approximate surface area is 104 Å². The Morgan fingerprint density at radius 3 is 2.39 bits per heavy atom. The first kappa shape index (κ1) is 15.4. The minimum atomic E-state index is -4.33. The predicted octanol–water partition coefficient (Wildman–Crippen LogP) is 0.839. The molecule has 1 aliphatic rings. The summed E-state index contributed by atoms with van der Waals surface area (Å²) in [6, 6.07) is 0. The number of ether oxygens (including phenoxy) is 1. The summed E-state index contributed by atoms with van der Waals surface area (Å²) in [6.07, 6.45) is -2.74. The van der Waals surface area contributed by atoms with Gasteiger partial charge in [-0.25, -0.2) is 0 Å². The molecule has 1 fully saturated rings. The molecule has 1 saturated heterocycles. The van der Waals surface area contributed by atoms with E-state index in [4.69, 9.17) is 9.84 Å².